The van der Waals surface area contributed by atoms with Gasteiger partial charge < -0.3 is 18.1 Å². The number of hydrogen-bond donors (Lipinski definition) is 0. The first-order valence-electron chi connectivity index (χ1n) is 46.4. The number of nitrogens with zero attached hydrogens (tertiary/aromatic N) is 24. The molecule has 29 nitrogen and oxygen atoms in total. The fraction of sp³-hybridized carbons (Fsp3) is 0.612. The average molecular weight is 1780 g/mol. The molecule has 0 radical (unpaired) electrons. The highest BCUT2D eigenvalue weighted by Crippen LogP contribution is 2.16. The third-order valence-electron chi connectivity index (χ3n) is 13.4. The topological polar surface area (TPSA) is 375 Å². The summed E-state index contributed by atoms with van der Waals surface area (Å²) >= 11 is 0. The molecule has 127 heavy (non-hydrogen) atoms. The third-order valence-corrected chi connectivity index (χ3v) is 13.4. The molecule has 0 amide bonds. The summed E-state index contributed by atoms with van der Waals surface area (Å²) in [5, 5.41) is 64.3. The molecular formula is C98H182N24O5. The molecule has 0 bridgehead atoms. The van der Waals surface area contributed by atoms with Crippen molar-refractivity contribution in [1.29, 1.82) is 0 Å². The molecule has 29 heteroatoms. The van der Waals surface area contributed by atoms with Crippen molar-refractivity contribution in [2.24, 2.45) is 0 Å². The molecule has 0 aliphatic heterocycles. The van der Waals surface area contributed by atoms with Gasteiger partial charge in [-0.1, -0.05) is 383 Å². The largest absolute Gasteiger partial charge is 0.365 e. The van der Waals surface area contributed by atoms with Crippen LogP contribution in [0.2, 0.25) is 0 Å². The molecule has 0 spiro atoms. The molecule has 0 fully saturated rings. The molecule has 0 aliphatic rings. The van der Waals surface area contributed by atoms with Gasteiger partial charge in [0.1, 0.15) is 37.1 Å². The monoisotopic (exact) mass is 1780 g/mol. The molecule has 11 heterocycles. The van der Waals surface area contributed by atoms with Crippen molar-refractivity contribution in [2.75, 3.05) is 0 Å². The van der Waals surface area contributed by atoms with Crippen LogP contribution < -0.4 is 0 Å². The van der Waals surface area contributed by atoms with Crippen LogP contribution in [0.3, 0.4) is 0 Å². The fourth-order valence-corrected chi connectivity index (χ4v) is 6.63. The molecule has 0 saturated carbocycles. The summed E-state index contributed by atoms with van der Waals surface area (Å²) in [6.07, 6.45) is 28.3. The van der Waals surface area contributed by atoms with Crippen LogP contribution in [0.15, 0.2) is 183 Å². The molecule has 1 aromatic carbocycles. The molecule has 0 N–H and O–H groups in total. The van der Waals surface area contributed by atoms with E-state index in [1.54, 1.807) is 74.6 Å². The van der Waals surface area contributed by atoms with E-state index in [0.29, 0.717) is 76.8 Å². The van der Waals surface area contributed by atoms with Crippen molar-refractivity contribution in [3.05, 3.63) is 229 Å². The van der Waals surface area contributed by atoms with Crippen LogP contribution >= 0.6 is 0 Å². The van der Waals surface area contributed by atoms with E-state index in [4.69, 9.17) is 0 Å². The standard InChI is InChI=1S/C9H12.C8H11N.2C7H10N2.2C6H9N3.2C6H9NO.C5H8N4.2C5H8N2O.C4H7N3O.12C2H6/c1-8(2)9-6-4-3-5-7-9;1-7(2)8-3-5-9-6-4-8;1-6(2)7-5-8-3-4-9-7;1-6(2)7-3-4-8-9-5-7;1-5(2)6-3-8-9-4-7-6;1-5(2)6-3-7-9-8-4-6;1-5(2)6-3-7-8-4-6;1-5(2)6-3-4-8-7-6;1-4(2)5-6-3-7-9-8-5;1-4(2)5-6-3-8-7-5;1-4(2)5-3-8-7-6-5;1-3(2)4-5-7-8-6-4;12*1-2/h3-8H,1-2H3;3-7H,1-2H3;2*3-6H,1-2H3;2*3-5H,1-2H3;2*3-5H,1-2H3;3-4H,1-2H3;2*3-4H,1-2H3;3H,1-2H3;12*1-2H3. The molecule has 0 saturated heterocycles. The lowest BCUT2D eigenvalue weighted by atomic mass is 10.0. The second-order valence-electron chi connectivity index (χ2n) is 26.1. The summed E-state index contributed by atoms with van der Waals surface area (Å²) in [5.74, 6) is 7.86. The SMILES string of the molecule is CC.CC.CC.CC.CC.CC.CC.CC.CC.CC.CC.CC.CC(C)c1ccccc1.CC(C)c1ccncc1.CC(C)c1ccnnc1.CC(C)c1ccon1.CC(C)c1cnccn1.CC(C)c1cnncn1.CC(C)c1cnnnc1.CC(C)c1cnoc1.CC(C)c1conn1.CC(C)c1ncnnn1.CC(C)c1ncon1.CC(C)c1nnon1. The second-order valence-corrected chi connectivity index (χ2v) is 26.1. The molecule has 12 rings (SSSR count). The van der Waals surface area contributed by atoms with Gasteiger partial charge in [0, 0.05) is 77.8 Å². The Morgan fingerprint density at radius 1 is 0.236 bits per heavy atom. The lowest BCUT2D eigenvalue weighted by molar-refractivity contribution is 0.290. The van der Waals surface area contributed by atoms with Gasteiger partial charge in [-0.25, -0.2) is 14.6 Å². The highest BCUT2D eigenvalue weighted by molar-refractivity contribution is 5.18. The van der Waals surface area contributed by atoms with Crippen LogP contribution in [0.25, 0.3) is 0 Å². The molecule has 724 valence electrons. The van der Waals surface area contributed by atoms with Gasteiger partial charge in [0.05, 0.1) is 53.3 Å². The number of benzene rings is 1. The predicted octanol–water partition coefficient (Wildman–Crippen LogP) is 29.5. The van der Waals surface area contributed by atoms with Gasteiger partial charge in [-0.05, 0) is 103 Å². The van der Waals surface area contributed by atoms with Crippen LogP contribution in [0.4, 0.5) is 0 Å². The summed E-state index contributed by atoms with van der Waals surface area (Å²) < 4.78 is 22.5. The zero-order valence-electron chi connectivity index (χ0n) is 88.7. The maximum atomic E-state index is 4.63. The molecule has 12 aromatic rings. The Bertz CT molecular complexity index is 3060. The zero-order valence-corrected chi connectivity index (χ0v) is 88.7. The van der Waals surface area contributed by atoms with Crippen molar-refractivity contribution in [3.8, 4) is 0 Å². The average Bonchev–Trinajstić information content (AvgIpc) is 1.83. The number of aromatic nitrogens is 24. The van der Waals surface area contributed by atoms with E-state index in [1.807, 2.05) is 264 Å². The Morgan fingerprint density at radius 3 is 0.937 bits per heavy atom. The minimum absolute atomic E-state index is 0.307. The van der Waals surface area contributed by atoms with Crippen LogP contribution in [-0.4, -0.2) is 122 Å². The molecule has 0 atom stereocenters. The first-order valence-corrected chi connectivity index (χ1v) is 46.4. The third kappa shape index (κ3) is 89.9. The first kappa shape index (κ1) is 142. The minimum Gasteiger partial charge on any atom is -0.365 e. The fourth-order valence-electron chi connectivity index (χ4n) is 6.63. The summed E-state index contributed by atoms with van der Waals surface area (Å²) in [7, 11) is 0. The van der Waals surface area contributed by atoms with Gasteiger partial charge in [0.25, 0.3) is 0 Å². The molecule has 0 unspecified atom stereocenters. The van der Waals surface area contributed by atoms with Gasteiger partial charge in [-0.3, -0.25) is 15.0 Å². The molecule has 11 aromatic heterocycles. The Labute approximate surface area is 773 Å². The number of rotatable bonds is 12. The zero-order chi connectivity index (χ0) is 101. The van der Waals surface area contributed by atoms with Crippen molar-refractivity contribution in [3.63, 3.8) is 0 Å². The second kappa shape index (κ2) is 111. The van der Waals surface area contributed by atoms with Gasteiger partial charge in [-0.2, -0.15) is 20.3 Å². The Morgan fingerprint density at radius 2 is 0.693 bits per heavy atom. The lowest BCUT2D eigenvalue weighted by Crippen LogP contribution is -1.99. The van der Waals surface area contributed by atoms with Crippen molar-refractivity contribution in [1.82, 2.24) is 122 Å². The van der Waals surface area contributed by atoms with Crippen LogP contribution in [0.5, 0.6) is 0 Å². The lowest BCUT2D eigenvalue weighted by Gasteiger charge is -2.01. The van der Waals surface area contributed by atoms with Crippen LogP contribution in [0, 0.1) is 0 Å². The maximum absolute atomic E-state index is 4.63. The van der Waals surface area contributed by atoms with Crippen molar-refractivity contribution >= 4 is 0 Å². The van der Waals surface area contributed by atoms with E-state index in [1.165, 1.54) is 35.7 Å². The highest BCUT2D eigenvalue weighted by Gasteiger charge is 2.06. The Balaban J connectivity index is -0.000000111. The van der Waals surface area contributed by atoms with Gasteiger partial charge in [0.15, 0.2) is 17.5 Å². The van der Waals surface area contributed by atoms with Gasteiger partial charge in [0.2, 0.25) is 6.39 Å². The normalized spacial score (nSPS) is 8.85. The molecule has 0 aliphatic carbocycles. The Hall–Kier alpha value is -10.7. The van der Waals surface area contributed by atoms with Crippen molar-refractivity contribution in [2.45, 2.75) is 403 Å². The van der Waals surface area contributed by atoms with Crippen LogP contribution in [0.1, 0.15) is 471 Å². The summed E-state index contributed by atoms with van der Waals surface area (Å²) in [5.41, 5.74) is 10.3. The van der Waals surface area contributed by atoms with Gasteiger partial charge in [-0.15, -0.1) is 30.6 Å². The quantitative estimate of drug-likeness (QED) is 0.110. The predicted molar refractivity (Wildman–Crippen MR) is 531 cm³/mol. The number of hydrogen-bond acceptors (Lipinski definition) is 29. The summed E-state index contributed by atoms with van der Waals surface area (Å²) in [6.45, 7) is 98.0. The van der Waals surface area contributed by atoms with Crippen LogP contribution in [-0.2, 0) is 0 Å². The molecular weight excluding hydrogens is 1590 g/mol. The van der Waals surface area contributed by atoms with E-state index >= 15 is 0 Å². The smallest absolute Gasteiger partial charge is 0.213 e. The number of pyridine rings is 1. The van der Waals surface area contributed by atoms with E-state index in [9.17, 15) is 0 Å². The van der Waals surface area contributed by atoms with E-state index < -0.39 is 0 Å². The van der Waals surface area contributed by atoms with E-state index in [0.717, 1.165) is 45.6 Å². The van der Waals surface area contributed by atoms with E-state index in [2.05, 4.69) is 280 Å². The first-order chi connectivity index (χ1) is 61.2. The summed E-state index contributed by atoms with van der Waals surface area (Å²) in [4.78, 5) is 23.7. The maximum Gasteiger partial charge on any atom is 0.213 e. The highest BCUT2D eigenvalue weighted by atomic mass is 16.6. The van der Waals surface area contributed by atoms with Gasteiger partial charge >= 0.3 is 0 Å². The Kier molecular flexibility index (Phi) is 125. The summed E-state index contributed by atoms with van der Waals surface area (Å²) in [6, 6.07) is 18.5. The van der Waals surface area contributed by atoms with Crippen molar-refractivity contribution < 1.29 is 22.7 Å². The minimum atomic E-state index is 0.307. The van der Waals surface area contributed by atoms with E-state index in [-0.39, 0.29) is 0 Å².